The standard InChI is InChI=1S/C28H29N3O5S/c29-27(33)21-17-15-20(16-18-21)26(28(34)30-22-11-5-2-6-12-22)37(35,36)31-24-14-8-7-13-23(24)25(32)19-9-3-1-4-10-19/h1,3-4,7-10,13-18,22,26,31H,2,5-6,11-12H2,(H2,29,33)(H,30,34). The summed E-state index contributed by atoms with van der Waals surface area (Å²) in [6, 6.07) is 20.3. The third kappa shape index (κ3) is 6.24. The minimum atomic E-state index is -4.38. The minimum Gasteiger partial charge on any atom is -0.366 e. The van der Waals surface area contributed by atoms with Gasteiger partial charge in [-0.25, -0.2) is 8.42 Å². The highest BCUT2D eigenvalue weighted by Crippen LogP contribution is 2.29. The van der Waals surface area contributed by atoms with E-state index < -0.39 is 27.1 Å². The molecule has 1 aliphatic carbocycles. The van der Waals surface area contributed by atoms with E-state index in [4.69, 9.17) is 5.73 Å². The van der Waals surface area contributed by atoms with E-state index in [2.05, 4.69) is 10.0 Å². The number of carbonyl (C=O) groups is 3. The number of nitrogens with two attached hydrogens (primary N) is 1. The fourth-order valence-electron chi connectivity index (χ4n) is 4.54. The topological polar surface area (TPSA) is 135 Å². The second-order valence-corrected chi connectivity index (χ2v) is 10.9. The lowest BCUT2D eigenvalue weighted by Gasteiger charge is -2.26. The van der Waals surface area contributed by atoms with Gasteiger partial charge in [0.25, 0.3) is 0 Å². The molecule has 1 unspecified atom stereocenters. The van der Waals surface area contributed by atoms with Crippen molar-refractivity contribution in [2.75, 3.05) is 4.72 Å². The summed E-state index contributed by atoms with van der Waals surface area (Å²) in [5, 5.41) is 1.28. The Balaban J connectivity index is 1.69. The zero-order valence-corrected chi connectivity index (χ0v) is 21.0. The first-order chi connectivity index (χ1) is 17.8. The summed E-state index contributed by atoms with van der Waals surface area (Å²) in [5.41, 5.74) is 6.33. The van der Waals surface area contributed by atoms with E-state index in [1.807, 2.05) is 0 Å². The molecule has 3 aromatic carbocycles. The van der Waals surface area contributed by atoms with Crippen molar-refractivity contribution in [1.29, 1.82) is 0 Å². The predicted molar refractivity (Wildman–Crippen MR) is 142 cm³/mol. The van der Waals surface area contributed by atoms with Crippen LogP contribution in [-0.4, -0.2) is 32.1 Å². The number of anilines is 1. The molecule has 1 atom stereocenters. The van der Waals surface area contributed by atoms with Gasteiger partial charge >= 0.3 is 0 Å². The zero-order valence-electron chi connectivity index (χ0n) is 20.2. The summed E-state index contributed by atoms with van der Waals surface area (Å²) < 4.78 is 30.0. The van der Waals surface area contributed by atoms with Crippen LogP contribution in [0.1, 0.15) is 69.2 Å². The smallest absolute Gasteiger partial charge is 0.249 e. The van der Waals surface area contributed by atoms with Gasteiger partial charge in [0.05, 0.1) is 5.69 Å². The van der Waals surface area contributed by atoms with E-state index in [1.54, 1.807) is 42.5 Å². The van der Waals surface area contributed by atoms with E-state index in [0.717, 1.165) is 32.1 Å². The quantitative estimate of drug-likeness (QED) is 0.368. The van der Waals surface area contributed by atoms with Gasteiger partial charge in [0.2, 0.25) is 21.8 Å². The predicted octanol–water partition coefficient (Wildman–Crippen LogP) is 3.95. The number of benzene rings is 3. The Kier molecular flexibility index (Phi) is 8.03. The van der Waals surface area contributed by atoms with Crippen LogP contribution in [0.4, 0.5) is 5.69 Å². The third-order valence-corrected chi connectivity index (χ3v) is 8.07. The third-order valence-electron chi connectivity index (χ3n) is 6.46. The molecule has 8 nitrogen and oxygen atoms in total. The van der Waals surface area contributed by atoms with Crippen LogP contribution in [0.25, 0.3) is 0 Å². The molecule has 0 spiro atoms. The zero-order chi connectivity index (χ0) is 26.4. The Hall–Kier alpha value is -3.98. The van der Waals surface area contributed by atoms with Crippen molar-refractivity contribution in [1.82, 2.24) is 5.32 Å². The van der Waals surface area contributed by atoms with Crippen LogP contribution < -0.4 is 15.8 Å². The molecule has 0 aromatic heterocycles. The van der Waals surface area contributed by atoms with Gasteiger partial charge in [-0.2, -0.15) is 0 Å². The fraction of sp³-hybridized carbons (Fsp3) is 0.250. The number of hydrogen-bond donors (Lipinski definition) is 3. The lowest BCUT2D eigenvalue weighted by atomic mass is 9.95. The lowest BCUT2D eigenvalue weighted by molar-refractivity contribution is -0.121. The van der Waals surface area contributed by atoms with Gasteiger partial charge < -0.3 is 11.1 Å². The molecule has 2 amide bonds. The molecular formula is C28H29N3O5S. The van der Waals surface area contributed by atoms with Crippen LogP contribution in [-0.2, 0) is 14.8 Å². The molecule has 0 bridgehead atoms. The average Bonchev–Trinajstić information content (AvgIpc) is 2.89. The SMILES string of the molecule is NC(=O)c1ccc(C(C(=O)NC2CCCCC2)S(=O)(=O)Nc2ccccc2C(=O)c2ccccc2)cc1. The van der Waals surface area contributed by atoms with Gasteiger partial charge in [0.15, 0.2) is 11.0 Å². The summed E-state index contributed by atoms with van der Waals surface area (Å²) in [5.74, 6) is -1.69. The molecule has 1 fully saturated rings. The highest BCUT2D eigenvalue weighted by atomic mass is 32.2. The molecule has 4 N–H and O–H groups in total. The van der Waals surface area contributed by atoms with Gasteiger partial charge in [-0.3, -0.25) is 19.1 Å². The maximum absolute atomic E-state index is 13.7. The lowest BCUT2D eigenvalue weighted by Crippen LogP contribution is -2.42. The number of ketones is 1. The second kappa shape index (κ2) is 11.4. The van der Waals surface area contributed by atoms with Gasteiger partial charge in [-0.05, 0) is 42.7 Å². The first-order valence-electron chi connectivity index (χ1n) is 12.2. The van der Waals surface area contributed by atoms with Crippen LogP contribution in [0.5, 0.6) is 0 Å². The Morgan fingerprint density at radius 2 is 1.41 bits per heavy atom. The number of nitrogens with one attached hydrogen (secondary N) is 2. The molecular weight excluding hydrogens is 490 g/mol. The van der Waals surface area contributed by atoms with Crippen LogP contribution in [0.3, 0.4) is 0 Å². The van der Waals surface area contributed by atoms with Gasteiger partial charge in [0.1, 0.15) is 0 Å². The number of amides is 2. The van der Waals surface area contributed by atoms with Crippen molar-refractivity contribution in [2.24, 2.45) is 5.73 Å². The molecule has 4 rings (SSSR count). The van der Waals surface area contributed by atoms with E-state index in [-0.39, 0.29) is 34.2 Å². The number of rotatable bonds is 9. The first-order valence-corrected chi connectivity index (χ1v) is 13.7. The Labute approximate surface area is 216 Å². The molecule has 192 valence electrons. The highest BCUT2D eigenvalue weighted by Gasteiger charge is 2.36. The Morgan fingerprint density at radius 1 is 0.784 bits per heavy atom. The van der Waals surface area contributed by atoms with E-state index in [1.165, 1.54) is 36.4 Å². The Bertz CT molecular complexity index is 1380. The summed E-state index contributed by atoms with van der Waals surface area (Å²) in [6.07, 6.45) is 4.56. The van der Waals surface area contributed by atoms with Crippen molar-refractivity contribution in [3.05, 3.63) is 101 Å². The molecule has 1 saturated carbocycles. The largest absolute Gasteiger partial charge is 0.366 e. The number of carbonyl (C=O) groups excluding carboxylic acids is 3. The summed E-state index contributed by atoms with van der Waals surface area (Å²) in [7, 11) is -4.38. The molecule has 0 radical (unpaired) electrons. The average molecular weight is 520 g/mol. The van der Waals surface area contributed by atoms with Crippen molar-refractivity contribution in [2.45, 2.75) is 43.4 Å². The summed E-state index contributed by atoms with van der Waals surface area (Å²) >= 11 is 0. The second-order valence-electron chi connectivity index (χ2n) is 9.10. The van der Waals surface area contributed by atoms with E-state index in [0.29, 0.717) is 5.56 Å². The number of para-hydroxylation sites is 1. The molecule has 9 heteroatoms. The summed E-state index contributed by atoms with van der Waals surface area (Å²) in [4.78, 5) is 38.1. The van der Waals surface area contributed by atoms with Crippen molar-refractivity contribution >= 4 is 33.3 Å². The Morgan fingerprint density at radius 3 is 2.05 bits per heavy atom. The summed E-state index contributed by atoms with van der Waals surface area (Å²) in [6.45, 7) is 0. The fourth-order valence-corrected chi connectivity index (χ4v) is 6.01. The minimum absolute atomic E-state index is 0.0700. The van der Waals surface area contributed by atoms with Gasteiger partial charge in [-0.15, -0.1) is 0 Å². The van der Waals surface area contributed by atoms with Crippen LogP contribution in [0.2, 0.25) is 0 Å². The van der Waals surface area contributed by atoms with Crippen molar-refractivity contribution < 1.29 is 22.8 Å². The molecule has 3 aromatic rings. The van der Waals surface area contributed by atoms with Crippen LogP contribution >= 0.6 is 0 Å². The van der Waals surface area contributed by atoms with E-state index in [9.17, 15) is 22.8 Å². The molecule has 37 heavy (non-hydrogen) atoms. The van der Waals surface area contributed by atoms with Crippen LogP contribution in [0.15, 0.2) is 78.9 Å². The maximum Gasteiger partial charge on any atom is 0.249 e. The molecule has 0 saturated heterocycles. The normalized spacial score (nSPS) is 14.9. The van der Waals surface area contributed by atoms with Crippen LogP contribution in [0, 0.1) is 0 Å². The molecule has 0 heterocycles. The maximum atomic E-state index is 13.7. The number of primary amides is 1. The number of hydrogen-bond acceptors (Lipinski definition) is 5. The first kappa shape index (κ1) is 26.1. The van der Waals surface area contributed by atoms with Crippen molar-refractivity contribution in [3.8, 4) is 0 Å². The highest BCUT2D eigenvalue weighted by molar-refractivity contribution is 7.93. The monoisotopic (exact) mass is 519 g/mol. The van der Waals surface area contributed by atoms with Crippen molar-refractivity contribution in [3.63, 3.8) is 0 Å². The number of sulfonamides is 1. The van der Waals surface area contributed by atoms with Gasteiger partial charge in [0, 0.05) is 22.7 Å². The van der Waals surface area contributed by atoms with E-state index >= 15 is 0 Å². The van der Waals surface area contributed by atoms with Gasteiger partial charge in [-0.1, -0.05) is 73.9 Å². The molecule has 1 aliphatic rings. The molecule has 0 aliphatic heterocycles.